The summed E-state index contributed by atoms with van der Waals surface area (Å²) >= 11 is 9.22. The van der Waals surface area contributed by atoms with Gasteiger partial charge in [-0.25, -0.2) is 4.39 Å². The van der Waals surface area contributed by atoms with Crippen molar-refractivity contribution in [2.45, 2.75) is 32.9 Å². The highest BCUT2D eigenvalue weighted by Gasteiger charge is 2.17. The molecule has 0 aliphatic rings. The van der Waals surface area contributed by atoms with Crippen molar-refractivity contribution in [2.75, 3.05) is 0 Å². The molecule has 20 heavy (non-hydrogen) atoms. The Morgan fingerprint density at radius 2 is 2.20 bits per heavy atom. The van der Waals surface area contributed by atoms with E-state index in [1.807, 2.05) is 18.5 Å². The summed E-state index contributed by atoms with van der Waals surface area (Å²) in [5.74, 6) is -0.445. The van der Waals surface area contributed by atoms with Gasteiger partial charge in [0.25, 0.3) is 0 Å². The molecule has 0 fully saturated rings. The number of nitrogens with zero attached hydrogens (tertiary/aromatic N) is 2. The van der Waals surface area contributed by atoms with Crippen molar-refractivity contribution < 1.29 is 4.39 Å². The van der Waals surface area contributed by atoms with E-state index in [2.05, 4.69) is 21.0 Å². The van der Waals surface area contributed by atoms with Gasteiger partial charge in [-0.15, -0.1) is 0 Å². The lowest BCUT2D eigenvalue weighted by molar-refractivity contribution is 0.581. The molecule has 1 aromatic heterocycles. The topological polar surface area (TPSA) is 43.8 Å². The summed E-state index contributed by atoms with van der Waals surface area (Å²) < 4.78 is 16.4. The Morgan fingerprint density at radius 1 is 1.50 bits per heavy atom. The Hall–Kier alpha value is -0.910. The number of rotatable bonds is 4. The summed E-state index contributed by atoms with van der Waals surface area (Å²) in [6.45, 7) is 4.73. The molecule has 0 amide bonds. The number of nitrogens with two attached hydrogens (primary N) is 1. The van der Waals surface area contributed by atoms with E-state index in [1.165, 1.54) is 12.1 Å². The zero-order chi connectivity index (χ0) is 14.9. The van der Waals surface area contributed by atoms with Crippen molar-refractivity contribution in [3.05, 3.63) is 50.5 Å². The van der Waals surface area contributed by atoms with E-state index >= 15 is 0 Å². The fourth-order valence-corrected chi connectivity index (χ4v) is 2.70. The molecule has 0 saturated carbocycles. The van der Waals surface area contributed by atoms with E-state index in [9.17, 15) is 4.39 Å². The Morgan fingerprint density at radius 3 is 2.80 bits per heavy atom. The maximum absolute atomic E-state index is 13.5. The van der Waals surface area contributed by atoms with Crippen LogP contribution in [0.4, 0.5) is 4.39 Å². The van der Waals surface area contributed by atoms with E-state index in [-0.39, 0.29) is 11.1 Å². The van der Waals surface area contributed by atoms with E-state index in [4.69, 9.17) is 17.3 Å². The zero-order valence-electron chi connectivity index (χ0n) is 11.3. The van der Waals surface area contributed by atoms with Gasteiger partial charge in [0.15, 0.2) is 0 Å². The SMILES string of the molecule is CCn1nc(C)c(Br)c1CC(N)c1ccc(Cl)c(F)c1. The highest BCUT2D eigenvalue weighted by atomic mass is 79.9. The van der Waals surface area contributed by atoms with Crippen LogP contribution >= 0.6 is 27.5 Å². The number of aromatic nitrogens is 2. The van der Waals surface area contributed by atoms with Crippen molar-refractivity contribution in [1.82, 2.24) is 9.78 Å². The van der Waals surface area contributed by atoms with E-state index in [1.54, 1.807) is 6.07 Å². The number of aryl methyl sites for hydroxylation is 2. The highest BCUT2D eigenvalue weighted by molar-refractivity contribution is 9.10. The van der Waals surface area contributed by atoms with E-state index in [0.717, 1.165) is 28.0 Å². The Kier molecular flexibility index (Phi) is 4.83. The maximum atomic E-state index is 13.5. The molecule has 0 aliphatic carbocycles. The molecular formula is C14H16BrClFN3. The number of hydrogen-bond acceptors (Lipinski definition) is 2. The van der Waals surface area contributed by atoms with Crippen LogP contribution in [-0.4, -0.2) is 9.78 Å². The Labute approximate surface area is 131 Å². The largest absolute Gasteiger partial charge is 0.324 e. The molecule has 0 spiro atoms. The van der Waals surface area contributed by atoms with Crippen molar-refractivity contribution in [3.8, 4) is 0 Å². The fraction of sp³-hybridized carbons (Fsp3) is 0.357. The van der Waals surface area contributed by atoms with Gasteiger partial charge in [-0.1, -0.05) is 17.7 Å². The molecule has 2 aromatic rings. The normalized spacial score (nSPS) is 12.7. The van der Waals surface area contributed by atoms with Crippen LogP contribution in [0.3, 0.4) is 0 Å². The highest BCUT2D eigenvalue weighted by Crippen LogP contribution is 2.27. The number of hydrogen-bond donors (Lipinski definition) is 1. The molecule has 1 aromatic carbocycles. The van der Waals surface area contributed by atoms with Gasteiger partial charge in [0.2, 0.25) is 0 Å². The minimum absolute atomic E-state index is 0.108. The number of benzene rings is 1. The quantitative estimate of drug-likeness (QED) is 0.895. The van der Waals surface area contributed by atoms with Crippen LogP contribution in [-0.2, 0) is 13.0 Å². The molecule has 2 rings (SSSR count). The lowest BCUT2D eigenvalue weighted by atomic mass is 10.0. The lowest BCUT2D eigenvalue weighted by Gasteiger charge is -2.14. The molecule has 0 radical (unpaired) electrons. The van der Waals surface area contributed by atoms with E-state index in [0.29, 0.717) is 6.42 Å². The van der Waals surface area contributed by atoms with Crippen LogP contribution < -0.4 is 5.73 Å². The first kappa shape index (κ1) is 15.5. The van der Waals surface area contributed by atoms with Gasteiger partial charge in [0.05, 0.1) is 20.9 Å². The van der Waals surface area contributed by atoms with Crippen LogP contribution in [0.5, 0.6) is 0 Å². The second kappa shape index (κ2) is 6.24. The van der Waals surface area contributed by atoms with Gasteiger partial charge in [-0.3, -0.25) is 4.68 Å². The maximum Gasteiger partial charge on any atom is 0.142 e. The third-order valence-corrected chi connectivity index (χ3v) is 4.58. The van der Waals surface area contributed by atoms with Gasteiger partial charge in [-0.2, -0.15) is 5.10 Å². The van der Waals surface area contributed by atoms with Crippen LogP contribution in [0, 0.1) is 12.7 Å². The molecule has 3 nitrogen and oxygen atoms in total. The molecular weight excluding hydrogens is 345 g/mol. The van der Waals surface area contributed by atoms with Gasteiger partial charge >= 0.3 is 0 Å². The summed E-state index contributed by atoms with van der Waals surface area (Å²) in [5.41, 5.74) is 8.85. The first-order chi connectivity index (χ1) is 9.43. The van der Waals surface area contributed by atoms with Crippen molar-refractivity contribution in [2.24, 2.45) is 5.73 Å². The molecule has 108 valence electrons. The molecule has 1 heterocycles. The summed E-state index contributed by atoms with van der Waals surface area (Å²) in [5, 5.41) is 4.53. The first-order valence-corrected chi connectivity index (χ1v) is 7.53. The molecule has 1 unspecified atom stereocenters. The van der Waals surface area contributed by atoms with Crippen molar-refractivity contribution in [1.29, 1.82) is 0 Å². The average molecular weight is 361 g/mol. The summed E-state index contributed by atoms with van der Waals surface area (Å²) in [6, 6.07) is 4.37. The third-order valence-electron chi connectivity index (χ3n) is 3.24. The summed E-state index contributed by atoms with van der Waals surface area (Å²) in [4.78, 5) is 0. The fourth-order valence-electron chi connectivity index (χ4n) is 2.13. The van der Waals surface area contributed by atoms with Crippen molar-refractivity contribution in [3.63, 3.8) is 0 Å². The minimum atomic E-state index is -0.445. The Bertz CT molecular complexity index is 627. The first-order valence-electron chi connectivity index (χ1n) is 6.36. The lowest BCUT2D eigenvalue weighted by Crippen LogP contribution is -2.16. The minimum Gasteiger partial charge on any atom is -0.324 e. The van der Waals surface area contributed by atoms with Gasteiger partial charge in [0, 0.05) is 19.0 Å². The predicted molar refractivity (Wildman–Crippen MR) is 82.4 cm³/mol. The summed E-state index contributed by atoms with van der Waals surface area (Å²) in [7, 11) is 0. The van der Waals surface area contributed by atoms with Gasteiger partial charge in [-0.05, 0) is 47.5 Å². The van der Waals surface area contributed by atoms with Crippen molar-refractivity contribution >= 4 is 27.5 Å². The van der Waals surface area contributed by atoms with Gasteiger partial charge in [0.1, 0.15) is 5.82 Å². The zero-order valence-corrected chi connectivity index (χ0v) is 13.7. The monoisotopic (exact) mass is 359 g/mol. The van der Waals surface area contributed by atoms with E-state index < -0.39 is 5.82 Å². The summed E-state index contributed by atoms with van der Waals surface area (Å²) in [6.07, 6.45) is 0.580. The average Bonchev–Trinajstić information content (AvgIpc) is 2.69. The predicted octanol–water partition coefficient (Wildman–Crippen LogP) is 4.01. The second-order valence-electron chi connectivity index (χ2n) is 4.65. The van der Waals surface area contributed by atoms with Crippen LogP contribution in [0.15, 0.2) is 22.7 Å². The molecule has 0 bridgehead atoms. The number of halogens is 3. The second-order valence-corrected chi connectivity index (χ2v) is 5.85. The van der Waals surface area contributed by atoms with Gasteiger partial charge < -0.3 is 5.73 Å². The third kappa shape index (κ3) is 3.05. The Balaban J connectivity index is 2.27. The molecule has 0 saturated heterocycles. The van der Waals surface area contributed by atoms with Crippen LogP contribution in [0.1, 0.15) is 29.9 Å². The standard InChI is InChI=1S/C14H16BrClFN3/c1-3-20-13(14(15)8(2)19-20)7-12(18)9-4-5-10(16)11(17)6-9/h4-6,12H,3,7,18H2,1-2H3. The smallest absolute Gasteiger partial charge is 0.142 e. The molecule has 2 N–H and O–H groups in total. The molecule has 6 heteroatoms. The van der Waals surface area contributed by atoms with Crippen LogP contribution in [0.2, 0.25) is 5.02 Å². The van der Waals surface area contributed by atoms with Crippen LogP contribution in [0.25, 0.3) is 0 Å². The molecule has 1 atom stereocenters. The molecule has 0 aliphatic heterocycles.